The van der Waals surface area contributed by atoms with Gasteiger partial charge in [-0.2, -0.15) is 0 Å². The minimum atomic E-state index is 1.18. The second-order valence-electron chi connectivity index (χ2n) is 3.13. The zero-order chi connectivity index (χ0) is 6.69. The zero-order valence-electron chi connectivity index (χ0n) is 6.69. The van der Waals surface area contributed by atoms with Gasteiger partial charge in [0.1, 0.15) is 0 Å². The summed E-state index contributed by atoms with van der Waals surface area (Å²) in [5.41, 5.74) is 0. The molecule has 0 aromatic carbocycles. The highest BCUT2D eigenvalue weighted by molar-refractivity contribution is 4.83. The molecule has 3 fully saturated rings. The molecule has 0 heteroatoms. The number of rotatable bonds is 0. The average molecular weight is 126 g/mol. The van der Waals surface area contributed by atoms with E-state index in [-0.39, 0.29) is 0 Å². The summed E-state index contributed by atoms with van der Waals surface area (Å²) in [4.78, 5) is 0. The molecule has 0 aromatic rings. The molecule has 3 aliphatic rings. The lowest BCUT2D eigenvalue weighted by Gasteiger charge is -2.40. The Kier molecular flexibility index (Phi) is 2.56. The largest absolute Gasteiger partial charge is 0.0683 e. The summed E-state index contributed by atoms with van der Waals surface area (Å²) in [5, 5.41) is 0. The molecule has 0 aromatic heterocycles. The Bertz CT molecular complexity index is 56.6. The smallest absolute Gasteiger partial charge is 0.0409 e. The van der Waals surface area contributed by atoms with E-state index in [0.717, 1.165) is 0 Å². The van der Waals surface area contributed by atoms with Crippen LogP contribution in [0.3, 0.4) is 0 Å². The van der Waals surface area contributed by atoms with Crippen molar-refractivity contribution in [2.45, 2.75) is 46.0 Å². The van der Waals surface area contributed by atoms with Crippen molar-refractivity contribution in [2.24, 2.45) is 11.8 Å². The molecular weight excluding hydrogens is 108 g/mol. The molecule has 0 heterocycles. The maximum absolute atomic E-state index is 2.00. The maximum atomic E-state index is 2.00. The van der Waals surface area contributed by atoms with E-state index >= 15 is 0 Å². The van der Waals surface area contributed by atoms with E-state index < -0.39 is 0 Å². The molecular formula is C9H18. The Balaban J connectivity index is 0.000000186. The zero-order valence-corrected chi connectivity index (χ0v) is 6.69. The second kappa shape index (κ2) is 3.24. The van der Waals surface area contributed by atoms with Gasteiger partial charge in [-0.1, -0.05) is 33.1 Å². The van der Waals surface area contributed by atoms with Crippen molar-refractivity contribution in [3.63, 3.8) is 0 Å². The van der Waals surface area contributed by atoms with Gasteiger partial charge in [0, 0.05) is 0 Å². The number of fused-ring (bicyclic) bond motifs is 2. The van der Waals surface area contributed by atoms with Crippen molar-refractivity contribution in [1.29, 1.82) is 0 Å². The Morgan fingerprint density at radius 1 is 0.889 bits per heavy atom. The van der Waals surface area contributed by atoms with Gasteiger partial charge < -0.3 is 0 Å². The number of hydrogen-bond donors (Lipinski definition) is 0. The summed E-state index contributed by atoms with van der Waals surface area (Å²) in [6, 6.07) is 0. The van der Waals surface area contributed by atoms with Crippen LogP contribution >= 0.6 is 0 Å². The van der Waals surface area contributed by atoms with Crippen LogP contribution in [-0.2, 0) is 0 Å². The third kappa shape index (κ3) is 1.47. The van der Waals surface area contributed by atoms with Gasteiger partial charge in [-0.25, -0.2) is 0 Å². The fraction of sp³-hybridized carbons (Fsp3) is 1.00. The standard InChI is InChI=1S/C7H12.C2H6/c1-2-6-4-7(3-1)5-6;1-2/h6-7H,1-5H2;1-2H3. The molecule has 0 aliphatic heterocycles. The lowest BCUT2D eigenvalue weighted by atomic mass is 9.65. The van der Waals surface area contributed by atoms with Crippen molar-refractivity contribution >= 4 is 0 Å². The van der Waals surface area contributed by atoms with E-state index in [1.807, 2.05) is 13.8 Å². The summed E-state index contributed by atoms with van der Waals surface area (Å²) >= 11 is 0. The molecule has 2 bridgehead atoms. The normalized spacial score (nSPS) is 38.0. The highest BCUT2D eigenvalue weighted by Crippen LogP contribution is 2.45. The average Bonchev–Trinajstić information content (AvgIpc) is 1.93. The van der Waals surface area contributed by atoms with Crippen LogP contribution in [0.15, 0.2) is 0 Å². The van der Waals surface area contributed by atoms with Crippen LogP contribution in [0, 0.1) is 11.8 Å². The summed E-state index contributed by atoms with van der Waals surface area (Å²) in [6.07, 6.45) is 7.81. The molecule has 3 saturated carbocycles. The Labute approximate surface area is 58.7 Å². The molecule has 0 N–H and O–H groups in total. The maximum Gasteiger partial charge on any atom is -0.0409 e. The molecule has 3 rings (SSSR count). The van der Waals surface area contributed by atoms with Crippen LogP contribution < -0.4 is 0 Å². The third-order valence-electron chi connectivity index (χ3n) is 2.56. The van der Waals surface area contributed by atoms with Gasteiger partial charge in [-0.05, 0) is 24.7 Å². The first-order valence-corrected chi connectivity index (χ1v) is 4.45. The molecule has 3 aliphatic carbocycles. The minimum Gasteiger partial charge on any atom is -0.0683 e. The molecule has 0 radical (unpaired) electrons. The second-order valence-corrected chi connectivity index (χ2v) is 3.13. The SMILES string of the molecule is C1CC2CC(C1)C2.CC. The van der Waals surface area contributed by atoms with E-state index in [4.69, 9.17) is 0 Å². The first-order chi connectivity index (χ1) is 4.45. The van der Waals surface area contributed by atoms with Gasteiger partial charge in [0.25, 0.3) is 0 Å². The molecule has 0 saturated heterocycles. The molecule has 9 heavy (non-hydrogen) atoms. The fourth-order valence-electron chi connectivity index (χ4n) is 2.04. The van der Waals surface area contributed by atoms with Gasteiger partial charge in [-0.15, -0.1) is 0 Å². The minimum absolute atomic E-state index is 1.18. The Morgan fingerprint density at radius 2 is 1.33 bits per heavy atom. The van der Waals surface area contributed by atoms with Gasteiger partial charge in [-0.3, -0.25) is 0 Å². The van der Waals surface area contributed by atoms with Crippen LogP contribution in [0.1, 0.15) is 46.0 Å². The summed E-state index contributed by atoms with van der Waals surface area (Å²) in [7, 11) is 0. The summed E-state index contributed by atoms with van der Waals surface area (Å²) in [6.45, 7) is 4.00. The first kappa shape index (κ1) is 7.11. The van der Waals surface area contributed by atoms with E-state index in [1.165, 1.54) is 18.3 Å². The lowest BCUT2D eigenvalue weighted by Crippen LogP contribution is -2.28. The van der Waals surface area contributed by atoms with E-state index in [2.05, 4.69) is 0 Å². The van der Waals surface area contributed by atoms with E-state index in [1.54, 1.807) is 25.7 Å². The topological polar surface area (TPSA) is 0 Å². The Hall–Kier alpha value is 0. The van der Waals surface area contributed by atoms with Gasteiger partial charge in [0.2, 0.25) is 0 Å². The van der Waals surface area contributed by atoms with Crippen LogP contribution in [0.5, 0.6) is 0 Å². The predicted molar refractivity (Wildman–Crippen MR) is 41.4 cm³/mol. The van der Waals surface area contributed by atoms with Crippen molar-refractivity contribution in [3.8, 4) is 0 Å². The fourth-order valence-corrected chi connectivity index (χ4v) is 2.04. The van der Waals surface area contributed by atoms with Crippen LogP contribution in [0.2, 0.25) is 0 Å². The summed E-state index contributed by atoms with van der Waals surface area (Å²) < 4.78 is 0. The predicted octanol–water partition coefficient (Wildman–Crippen LogP) is 3.22. The van der Waals surface area contributed by atoms with Gasteiger partial charge in [0.05, 0.1) is 0 Å². The van der Waals surface area contributed by atoms with Crippen molar-refractivity contribution in [2.75, 3.05) is 0 Å². The van der Waals surface area contributed by atoms with Gasteiger partial charge in [0.15, 0.2) is 0 Å². The third-order valence-corrected chi connectivity index (χ3v) is 2.56. The molecule has 0 spiro atoms. The van der Waals surface area contributed by atoms with E-state index in [0.29, 0.717) is 0 Å². The molecule has 0 nitrogen and oxygen atoms in total. The quantitative estimate of drug-likeness (QED) is 0.467. The van der Waals surface area contributed by atoms with Crippen LogP contribution in [-0.4, -0.2) is 0 Å². The van der Waals surface area contributed by atoms with E-state index in [9.17, 15) is 0 Å². The molecule has 54 valence electrons. The Morgan fingerprint density at radius 3 is 1.44 bits per heavy atom. The van der Waals surface area contributed by atoms with Crippen LogP contribution in [0.4, 0.5) is 0 Å². The van der Waals surface area contributed by atoms with Crippen molar-refractivity contribution < 1.29 is 0 Å². The molecule has 0 unspecified atom stereocenters. The molecule has 0 atom stereocenters. The number of hydrogen-bond acceptors (Lipinski definition) is 0. The lowest BCUT2D eigenvalue weighted by molar-refractivity contribution is 0.116. The first-order valence-electron chi connectivity index (χ1n) is 4.45. The highest BCUT2D eigenvalue weighted by atomic mass is 14.4. The van der Waals surface area contributed by atoms with Crippen LogP contribution in [0.25, 0.3) is 0 Å². The molecule has 0 amide bonds. The van der Waals surface area contributed by atoms with Crippen molar-refractivity contribution in [3.05, 3.63) is 0 Å². The van der Waals surface area contributed by atoms with Crippen molar-refractivity contribution in [1.82, 2.24) is 0 Å². The highest BCUT2D eigenvalue weighted by Gasteiger charge is 2.32. The monoisotopic (exact) mass is 126 g/mol. The summed E-state index contributed by atoms with van der Waals surface area (Å²) in [5.74, 6) is 2.36. The van der Waals surface area contributed by atoms with Gasteiger partial charge >= 0.3 is 0 Å².